The van der Waals surface area contributed by atoms with Crippen LogP contribution in [0.15, 0.2) is 102 Å². The average Bonchev–Trinajstić information content (AvgIpc) is 2.95. The van der Waals surface area contributed by atoms with E-state index in [1.807, 2.05) is 66.7 Å². The van der Waals surface area contributed by atoms with Gasteiger partial charge in [0.05, 0.1) is 35.5 Å². The van der Waals surface area contributed by atoms with Crippen LogP contribution in [-0.4, -0.2) is 45.1 Å². The average molecular weight is 628 g/mol. The van der Waals surface area contributed by atoms with Crippen LogP contribution in [0.1, 0.15) is 12.5 Å². The van der Waals surface area contributed by atoms with E-state index in [0.717, 1.165) is 22.2 Å². The summed E-state index contributed by atoms with van der Waals surface area (Å²) in [5.41, 5.74) is 7.93. The molecule has 1 heterocycles. The fraction of sp³-hybridized carbons (Fsp3) is 0.0667. The van der Waals surface area contributed by atoms with Crippen LogP contribution in [0.25, 0.3) is 22.2 Å². The fourth-order valence-electron chi connectivity index (χ4n) is 2.90. The zero-order valence-corrected chi connectivity index (χ0v) is 25.4. The molecule has 0 saturated heterocycles. The van der Waals surface area contributed by atoms with Gasteiger partial charge in [0.2, 0.25) is 6.08 Å². The minimum Gasteiger partial charge on any atom is -1.00 e. The molecule has 10 heteroatoms. The first-order valence-electron chi connectivity index (χ1n) is 11.3. The molecule has 0 fully saturated rings. The number of anilines is 1. The van der Waals surface area contributed by atoms with E-state index in [4.69, 9.17) is 22.6 Å². The summed E-state index contributed by atoms with van der Waals surface area (Å²) in [6.07, 6.45) is 13.5. The van der Waals surface area contributed by atoms with E-state index in [-0.39, 0.29) is 45.7 Å². The predicted molar refractivity (Wildman–Crippen MR) is 155 cm³/mol. The second-order valence-corrected chi connectivity index (χ2v) is 7.42. The molecule has 0 atom stereocenters. The van der Waals surface area contributed by atoms with Gasteiger partial charge in [0, 0.05) is 34.3 Å². The van der Waals surface area contributed by atoms with Gasteiger partial charge in [-0.25, -0.2) is 9.59 Å². The van der Waals surface area contributed by atoms with E-state index in [1.165, 1.54) is 0 Å². The molecule has 1 aliphatic carbocycles. The van der Waals surface area contributed by atoms with E-state index < -0.39 is 5.43 Å². The maximum atomic E-state index is 11.5. The number of para-hydroxylation sites is 2. The van der Waals surface area contributed by atoms with Crippen molar-refractivity contribution in [1.29, 1.82) is 5.26 Å². The Morgan fingerprint density at radius 1 is 1.10 bits per heavy atom. The molecule has 0 amide bonds. The number of fused-ring (bicyclic) bond motifs is 1. The normalized spacial score (nSPS) is 9.53. The SMILES string of the molecule is CCOC(=O)Cl.N#Cc1ccccc1N.O=c1nc(-c2ccccc2)c2ccccc2[nH]1.[Br-].[C+]1=[C-][C+]=CC=C1.[Mg+2]. The minimum absolute atomic E-state index is 0. The molecule has 0 saturated carbocycles. The van der Waals surface area contributed by atoms with Crippen molar-refractivity contribution in [3.63, 3.8) is 0 Å². The van der Waals surface area contributed by atoms with Crippen LogP contribution in [0.4, 0.5) is 10.5 Å². The maximum absolute atomic E-state index is 11.5. The first-order valence-corrected chi connectivity index (χ1v) is 11.7. The summed E-state index contributed by atoms with van der Waals surface area (Å²) in [5, 5.41) is 9.35. The van der Waals surface area contributed by atoms with E-state index in [9.17, 15) is 9.59 Å². The quantitative estimate of drug-likeness (QED) is 0.153. The summed E-state index contributed by atoms with van der Waals surface area (Å²) in [6.45, 7) is 2.04. The maximum Gasteiger partial charge on any atom is 2.00 e. The van der Waals surface area contributed by atoms with Gasteiger partial charge in [0.15, 0.2) is 0 Å². The van der Waals surface area contributed by atoms with Crippen molar-refractivity contribution in [3.05, 3.63) is 131 Å². The third-order valence-corrected chi connectivity index (χ3v) is 4.64. The molecule has 3 aromatic carbocycles. The number of nitrogens with zero attached hydrogens (tertiary/aromatic N) is 2. The molecule has 196 valence electrons. The second kappa shape index (κ2) is 21.0. The molecule has 3 N–H and O–H groups in total. The Hall–Kier alpha value is -3.86. The van der Waals surface area contributed by atoms with Gasteiger partial charge >= 0.3 is 34.2 Å². The number of carbonyl (C=O) groups is 1. The number of nitriles is 1. The third kappa shape index (κ3) is 13.3. The van der Waals surface area contributed by atoms with Crippen LogP contribution < -0.4 is 28.4 Å². The van der Waals surface area contributed by atoms with E-state index in [1.54, 1.807) is 43.3 Å². The van der Waals surface area contributed by atoms with E-state index in [2.05, 4.69) is 32.9 Å². The van der Waals surface area contributed by atoms with Gasteiger partial charge in [-0.3, -0.25) is 0 Å². The predicted octanol–water partition coefficient (Wildman–Crippen LogP) is 2.81. The van der Waals surface area contributed by atoms with Crippen molar-refractivity contribution in [3.8, 4) is 17.3 Å². The molecule has 0 unspecified atom stereocenters. The van der Waals surface area contributed by atoms with Crippen LogP contribution in [0.3, 0.4) is 0 Å². The number of halogens is 2. The van der Waals surface area contributed by atoms with Gasteiger partial charge in [0.25, 0.3) is 0 Å². The number of carbonyl (C=O) groups excluding carboxylic acids is 1. The number of nitrogen functional groups attached to an aromatic ring is 1. The van der Waals surface area contributed by atoms with Crippen molar-refractivity contribution in [2.45, 2.75) is 6.92 Å². The Labute approximate surface area is 265 Å². The number of allylic oxidation sites excluding steroid dienone is 6. The van der Waals surface area contributed by atoms with Gasteiger partial charge in [0.1, 0.15) is 18.2 Å². The number of aromatic amines is 1. The van der Waals surface area contributed by atoms with Crippen molar-refractivity contribution in [1.82, 2.24) is 9.97 Å². The molecule has 0 aliphatic heterocycles. The summed E-state index contributed by atoms with van der Waals surface area (Å²) in [6, 6.07) is 26.4. The molecule has 5 rings (SSSR count). The summed E-state index contributed by atoms with van der Waals surface area (Å²) in [7, 11) is 0. The molecule has 1 aromatic heterocycles. The molecule has 4 aromatic rings. The van der Waals surface area contributed by atoms with Crippen molar-refractivity contribution < 1.29 is 26.5 Å². The Bertz CT molecular complexity index is 1480. The summed E-state index contributed by atoms with van der Waals surface area (Å²) >= 11 is 4.72. The molecule has 0 radical (unpaired) electrons. The van der Waals surface area contributed by atoms with Crippen molar-refractivity contribution in [2.75, 3.05) is 12.3 Å². The minimum atomic E-state index is -0.738. The molecule has 0 spiro atoms. The van der Waals surface area contributed by atoms with E-state index in [0.29, 0.717) is 17.9 Å². The zero-order valence-electron chi connectivity index (χ0n) is 21.6. The number of hydrogen-bond acceptors (Lipinski definition) is 6. The topological polar surface area (TPSA) is 122 Å². The zero-order chi connectivity index (χ0) is 27.6. The standard InChI is InChI=1S/C14H10N2O.C7H6N2.C6H3.C3H5ClO2.BrH.Mg/c17-14-15-12-9-5-4-8-11(12)13(16-14)10-6-2-1-3-7-10;8-5-6-3-1-2-4-7(6)9;1-2-4-6-5-3-1;1-2-6-3(4)5;;/h1-9H,(H,15,16,17);1-4H,9H2;1-3H;2H2,1H3;1H;/q;;+1;;;+2/p-1. The van der Waals surface area contributed by atoms with Gasteiger partial charge < -0.3 is 32.4 Å². The molecular weight excluding hydrogens is 604 g/mol. The summed E-state index contributed by atoms with van der Waals surface area (Å²) in [4.78, 5) is 27.9. The molecule has 40 heavy (non-hydrogen) atoms. The second-order valence-electron chi connectivity index (χ2n) is 7.11. The van der Waals surface area contributed by atoms with E-state index >= 15 is 0 Å². The van der Waals surface area contributed by atoms with Gasteiger partial charge in [-0.05, 0) is 25.1 Å². The summed E-state index contributed by atoms with van der Waals surface area (Å²) < 4.78 is 4.17. The van der Waals surface area contributed by atoms with Crippen molar-refractivity contribution >= 4 is 56.7 Å². The monoisotopic (exact) mass is 626 g/mol. The number of aromatic nitrogens is 2. The number of nitrogens with one attached hydrogen (secondary N) is 1. The Balaban J connectivity index is 0.000000562. The number of hydrogen-bond donors (Lipinski definition) is 2. The van der Waals surface area contributed by atoms with Gasteiger partial charge in [-0.15, -0.1) is 0 Å². The molecule has 7 nitrogen and oxygen atoms in total. The number of rotatable bonds is 2. The number of ether oxygens (including phenoxy) is 1. The van der Waals surface area contributed by atoms with Crippen LogP contribution in [0.2, 0.25) is 0 Å². The summed E-state index contributed by atoms with van der Waals surface area (Å²) in [5.74, 6) is 0. The number of benzene rings is 3. The Kier molecular flexibility index (Phi) is 19.0. The fourth-order valence-corrected chi connectivity index (χ4v) is 3.01. The van der Waals surface area contributed by atoms with Crippen LogP contribution in [0.5, 0.6) is 0 Å². The van der Waals surface area contributed by atoms with Gasteiger partial charge in [-0.2, -0.15) is 10.2 Å². The van der Waals surface area contributed by atoms with Crippen LogP contribution in [-0.2, 0) is 4.74 Å². The van der Waals surface area contributed by atoms with Crippen LogP contribution in [0, 0.1) is 29.6 Å². The molecular formula is C30H24BrClMgN4O3+2. The van der Waals surface area contributed by atoms with Crippen molar-refractivity contribution in [2.24, 2.45) is 0 Å². The van der Waals surface area contributed by atoms with Crippen LogP contribution >= 0.6 is 11.6 Å². The number of nitrogens with two attached hydrogens (primary N) is 1. The first kappa shape index (κ1) is 36.1. The Morgan fingerprint density at radius 3 is 2.23 bits per heavy atom. The smallest absolute Gasteiger partial charge is 1.00 e. The third-order valence-electron chi connectivity index (χ3n) is 4.53. The largest absolute Gasteiger partial charge is 2.00 e. The number of H-pyrrole nitrogens is 1. The molecule has 1 aliphatic rings. The molecule has 0 bridgehead atoms. The van der Waals surface area contributed by atoms with Gasteiger partial charge in [-0.1, -0.05) is 60.7 Å². The Morgan fingerprint density at radius 2 is 1.75 bits per heavy atom. The first-order chi connectivity index (χ1) is 18.5.